The lowest BCUT2D eigenvalue weighted by Crippen LogP contribution is -2.49. The summed E-state index contributed by atoms with van der Waals surface area (Å²) in [6.07, 6.45) is -1.81. The smallest absolute Gasteiger partial charge is 0.375 e. The van der Waals surface area contributed by atoms with Crippen molar-refractivity contribution < 1.29 is 21.6 Å². The van der Waals surface area contributed by atoms with E-state index < -0.39 is 22.9 Å². The summed E-state index contributed by atoms with van der Waals surface area (Å²) in [6, 6.07) is -0.372. The monoisotopic (exact) mass is 409 g/mol. The van der Waals surface area contributed by atoms with Crippen molar-refractivity contribution in [3.8, 4) is 0 Å². The highest BCUT2D eigenvalue weighted by atomic mass is 35.5. The fourth-order valence-corrected chi connectivity index (χ4v) is 4.10. The summed E-state index contributed by atoms with van der Waals surface area (Å²) in [5.74, 6) is 0. The van der Waals surface area contributed by atoms with Crippen LogP contribution in [-0.2, 0) is 16.8 Å². The first-order chi connectivity index (χ1) is 10.6. The minimum absolute atomic E-state index is 0. The second kappa shape index (κ2) is 8.63. The number of nitrogen functional groups attached to an aromatic ring is 1. The molecule has 1 saturated heterocycles. The van der Waals surface area contributed by atoms with E-state index >= 15 is 0 Å². The maximum absolute atomic E-state index is 12.1. The summed E-state index contributed by atoms with van der Waals surface area (Å²) >= 11 is 1.40. The first-order valence-electron chi connectivity index (χ1n) is 6.89. The Bertz CT molecular complexity index is 617. The van der Waals surface area contributed by atoms with Crippen LogP contribution >= 0.6 is 23.7 Å². The van der Waals surface area contributed by atoms with E-state index in [9.17, 15) is 21.6 Å². The number of rotatable bonds is 6. The molecule has 24 heavy (non-hydrogen) atoms. The lowest BCUT2D eigenvalue weighted by atomic mass is 10.1. The Hall–Kier alpha value is -0.660. The molecule has 1 aliphatic heterocycles. The number of nitrogens with zero attached hydrogens (tertiary/aromatic N) is 2. The summed E-state index contributed by atoms with van der Waals surface area (Å²) < 4.78 is 63.0. The molecule has 13 heteroatoms. The van der Waals surface area contributed by atoms with Gasteiger partial charge in [-0.2, -0.15) is 31.0 Å². The number of thiazole rings is 1. The highest BCUT2D eigenvalue weighted by Gasteiger charge is 2.31. The Kier molecular flexibility index (Phi) is 7.69. The quantitative estimate of drug-likeness (QED) is 0.653. The second-order valence-electron chi connectivity index (χ2n) is 5.27. The van der Waals surface area contributed by atoms with Crippen molar-refractivity contribution in [3.05, 3.63) is 11.1 Å². The average molecular weight is 410 g/mol. The van der Waals surface area contributed by atoms with Gasteiger partial charge in [0.2, 0.25) is 0 Å². The fourth-order valence-electron chi connectivity index (χ4n) is 2.26. The van der Waals surface area contributed by atoms with Crippen LogP contribution in [0.3, 0.4) is 0 Å². The molecule has 4 N–H and O–H groups in total. The molecule has 0 spiro atoms. The third-order valence-electron chi connectivity index (χ3n) is 3.32. The topological polar surface area (TPSA) is 100 Å². The van der Waals surface area contributed by atoms with Crippen molar-refractivity contribution in [1.82, 2.24) is 19.3 Å². The van der Waals surface area contributed by atoms with Gasteiger partial charge < -0.3 is 5.73 Å². The van der Waals surface area contributed by atoms with Crippen molar-refractivity contribution in [2.24, 2.45) is 0 Å². The number of piperidine rings is 1. The van der Waals surface area contributed by atoms with E-state index in [0.717, 1.165) is 4.88 Å². The fraction of sp³-hybridized carbons (Fsp3) is 0.727. The van der Waals surface area contributed by atoms with E-state index in [4.69, 9.17) is 5.73 Å². The number of likely N-dealkylation sites (tertiary alicyclic amines) is 1. The molecule has 1 aliphatic rings. The number of nitrogens with two attached hydrogens (primary N) is 1. The van der Waals surface area contributed by atoms with Crippen molar-refractivity contribution in [3.63, 3.8) is 0 Å². The van der Waals surface area contributed by atoms with Crippen LogP contribution in [0, 0.1) is 0 Å². The number of nitrogens with one attached hydrogen (secondary N) is 2. The second-order valence-corrected chi connectivity index (χ2v) is 7.95. The number of halogens is 4. The molecule has 0 radical (unpaired) electrons. The van der Waals surface area contributed by atoms with Crippen molar-refractivity contribution in [2.75, 3.05) is 25.4 Å². The van der Waals surface area contributed by atoms with Crippen molar-refractivity contribution >= 4 is 39.1 Å². The van der Waals surface area contributed by atoms with E-state index in [1.54, 1.807) is 6.20 Å². The lowest BCUT2D eigenvalue weighted by molar-refractivity contribution is -0.121. The predicted octanol–water partition coefficient (Wildman–Crippen LogP) is 1.10. The summed E-state index contributed by atoms with van der Waals surface area (Å²) in [5.41, 5.74) is 5.56. The molecule has 140 valence electrons. The van der Waals surface area contributed by atoms with Gasteiger partial charge in [-0.05, 0) is 12.8 Å². The number of hydrogen-bond donors (Lipinski definition) is 3. The maximum Gasteiger partial charge on any atom is 0.402 e. The molecule has 0 bridgehead atoms. The molecular weight excluding hydrogens is 391 g/mol. The third-order valence-corrected chi connectivity index (χ3v) is 5.30. The minimum Gasteiger partial charge on any atom is -0.375 e. The van der Waals surface area contributed by atoms with Crippen molar-refractivity contribution in [1.29, 1.82) is 0 Å². The highest BCUT2D eigenvalue weighted by Crippen LogP contribution is 2.19. The van der Waals surface area contributed by atoms with Gasteiger partial charge in [0.15, 0.2) is 5.13 Å². The summed E-state index contributed by atoms with van der Waals surface area (Å²) in [7, 11) is -4.15. The van der Waals surface area contributed by atoms with Crippen LogP contribution in [0.25, 0.3) is 0 Å². The first-order valence-corrected chi connectivity index (χ1v) is 9.19. The van der Waals surface area contributed by atoms with Gasteiger partial charge in [-0.25, -0.2) is 4.98 Å². The molecule has 0 saturated carbocycles. The number of alkyl halides is 3. The molecule has 1 aromatic rings. The van der Waals surface area contributed by atoms with Gasteiger partial charge in [0, 0.05) is 36.8 Å². The van der Waals surface area contributed by atoms with Crippen LogP contribution in [0.4, 0.5) is 18.3 Å². The number of hydrogen-bond acceptors (Lipinski definition) is 6. The van der Waals surface area contributed by atoms with Gasteiger partial charge in [-0.3, -0.25) is 4.90 Å². The Morgan fingerprint density at radius 3 is 2.50 bits per heavy atom. The summed E-state index contributed by atoms with van der Waals surface area (Å²) in [6.45, 7) is 0.392. The first kappa shape index (κ1) is 21.4. The highest BCUT2D eigenvalue weighted by molar-refractivity contribution is 7.87. The summed E-state index contributed by atoms with van der Waals surface area (Å²) in [5, 5.41) is 0.499. The number of aromatic nitrogens is 1. The Morgan fingerprint density at radius 1 is 1.38 bits per heavy atom. The van der Waals surface area contributed by atoms with E-state index in [1.807, 2.05) is 0 Å². The third kappa shape index (κ3) is 7.49. The molecule has 2 rings (SSSR count). The van der Waals surface area contributed by atoms with Gasteiger partial charge >= 0.3 is 6.18 Å². The standard InChI is InChI=1S/C11H18F3N5O2S2.ClH/c12-11(13,14)7-17-23(20,21)18-8-1-3-19(4-2-8)6-9-5-16-10(15)22-9;/h5,8,17-18H,1-4,6-7H2,(H2,15,16);1H. The van der Waals surface area contributed by atoms with Crippen LogP contribution in [-0.4, -0.2) is 50.2 Å². The maximum atomic E-state index is 12.1. The Morgan fingerprint density at radius 2 is 2.00 bits per heavy atom. The lowest BCUT2D eigenvalue weighted by Gasteiger charge is -2.31. The zero-order valence-electron chi connectivity index (χ0n) is 12.5. The van der Waals surface area contributed by atoms with E-state index in [0.29, 0.717) is 37.6 Å². The average Bonchev–Trinajstić information content (AvgIpc) is 2.83. The van der Waals surface area contributed by atoms with Crippen LogP contribution in [0.1, 0.15) is 17.7 Å². The minimum atomic E-state index is -4.57. The molecule has 0 amide bonds. The number of anilines is 1. The van der Waals surface area contributed by atoms with Gasteiger partial charge in [-0.1, -0.05) is 0 Å². The molecule has 0 unspecified atom stereocenters. The van der Waals surface area contributed by atoms with E-state index in [1.165, 1.54) is 16.1 Å². The largest absolute Gasteiger partial charge is 0.402 e. The Labute approximate surface area is 148 Å². The van der Waals surface area contributed by atoms with Crippen LogP contribution < -0.4 is 15.2 Å². The SMILES string of the molecule is Cl.Nc1ncc(CN2CCC(NS(=O)(=O)NCC(F)(F)F)CC2)s1. The van der Waals surface area contributed by atoms with E-state index in [2.05, 4.69) is 14.6 Å². The Balaban J connectivity index is 0.00000288. The summed E-state index contributed by atoms with van der Waals surface area (Å²) in [4.78, 5) is 7.11. The van der Waals surface area contributed by atoms with Gasteiger partial charge in [0.25, 0.3) is 10.2 Å². The van der Waals surface area contributed by atoms with Crippen LogP contribution in [0.2, 0.25) is 0 Å². The van der Waals surface area contributed by atoms with Gasteiger partial charge in [0.05, 0.1) is 0 Å². The van der Waals surface area contributed by atoms with Crippen molar-refractivity contribution in [2.45, 2.75) is 31.6 Å². The molecule has 1 aromatic heterocycles. The molecule has 0 atom stereocenters. The molecular formula is C11H19ClF3N5O2S2. The zero-order chi connectivity index (χ0) is 17.1. The molecule has 0 aliphatic carbocycles. The van der Waals surface area contributed by atoms with Crippen LogP contribution in [0.15, 0.2) is 6.20 Å². The molecule has 2 heterocycles. The molecule has 0 aromatic carbocycles. The van der Waals surface area contributed by atoms with Gasteiger partial charge in [0.1, 0.15) is 6.54 Å². The predicted molar refractivity (Wildman–Crippen MR) is 88.2 cm³/mol. The normalized spacial score (nSPS) is 17.6. The molecule has 1 fully saturated rings. The van der Waals surface area contributed by atoms with Gasteiger partial charge in [-0.15, -0.1) is 23.7 Å². The molecule has 7 nitrogen and oxygen atoms in total. The van der Waals surface area contributed by atoms with E-state index in [-0.39, 0.29) is 18.4 Å². The zero-order valence-corrected chi connectivity index (χ0v) is 15.0. The van der Waals surface area contributed by atoms with Crippen LogP contribution in [0.5, 0.6) is 0 Å².